The molecule has 0 saturated carbocycles. The zero-order valence-corrected chi connectivity index (χ0v) is 11.0. The van der Waals surface area contributed by atoms with Gasteiger partial charge in [0.2, 0.25) is 0 Å². The minimum absolute atomic E-state index is 0.0900. The number of benzene rings is 2. The summed E-state index contributed by atoms with van der Waals surface area (Å²) in [7, 11) is 0. The van der Waals surface area contributed by atoms with Gasteiger partial charge in [-0.15, -0.1) is 0 Å². The van der Waals surface area contributed by atoms with E-state index in [9.17, 15) is 13.6 Å². The zero-order valence-electron chi connectivity index (χ0n) is 11.0. The molecule has 5 heteroatoms. The van der Waals surface area contributed by atoms with E-state index in [-0.39, 0.29) is 17.9 Å². The molecule has 0 radical (unpaired) electrons. The highest BCUT2D eigenvalue weighted by molar-refractivity contribution is 5.83. The fourth-order valence-electron chi connectivity index (χ4n) is 2.30. The molecule has 3 rings (SSSR count). The lowest BCUT2D eigenvalue weighted by molar-refractivity contribution is 0.506. The molecule has 1 aromatic heterocycles. The standard InChI is InChI=1S/C16H12F2N2O/c17-13-6-5-10(7-14(13)18)9-20-15(19)8-11-3-1-2-4-12(11)16(20)21/h1-8H,9,19H2. The summed E-state index contributed by atoms with van der Waals surface area (Å²) in [6, 6.07) is 12.3. The van der Waals surface area contributed by atoms with Gasteiger partial charge in [-0.2, -0.15) is 0 Å². The molecular formula is C16H12F2N2O. The first-order valence-corrected chi connectivity index (χ1v) is 6.38. The fourth-order valence-corrected chi connectivity index (χ4v) is 2.30. The summed E-state index contributed by atoms with van der Waals surface area (Å²) >= 11 is 0. The SMILES string of the molecule is Nc1cc2ccccc2c(=O)n1Cc1ccc(F)c(F)c1. The molecule has 0 unspecified atom stereocenters. The Kier molecular flexibility index (Phi) is 3.17. The van der Waals surface area contributed by atoms with E-state index in [0.29, 0.717) is 10.9 Å². The van der Waals surface area contributed by atoms with Crippen molar-refractivity contribution in [2.24, 2.45) is 0 Å². The largest absolute Gasteiger partial charge is 0.385 e. The van der Waals surface area contributed by atoms with Crippen molar-refractivity contribution in [3.8, 4) is 0 Å². The van der Waals surface area contributed by atoms with Gasteiger partial charge in [0.1, 0.15) is 5.82 Å². The van der Waals surface area contributed by atoms with Crippen LogP contribution in [0.15, 0.2) is 53.3 Å². The summed E-state index contributed by atoms with van der Waals surface area (Å²) < 4.78 is 27.5. The van der Waals surface area contributed by atoms with E-state index in [0.717, 1.165) is 17.5 Å². The first kappa shape index (κ1) is 13.3. The third-order valence-electron chi connectivity index (χ3n) is 3.38. The lowest BCUT2D eigenvalue weighted by atomic mass is 10.1. The molecule has 21 heavy (non-hydrogen) atoms. The van der Waals surface area contributed by atoms with Gasteiger partial charge in [0, 0.05) is 5.39 Å². The lowest BCUT2D eigenvalue weighted by Gasteiger charge is -2.11. The highest BCUT2D eigenvalue weighted by Crippen LogP contribution is 2.15. The average Bonchev–Trinajstić information content (AvgIpc) is 2.47. The van der Waals surface area contributed by atoms with Crippen molar-refractivity contribution in [1.82, 2.24) is 4.57 Å². The Morgan fingerprint density at radius 3 is 2.52 bits per heavy atom. The van der Waals surface area contributed by atoms with Crippen molar-refractivity contribution in [3.63, 3.8) is 0 Å². The fraction of sp³-hybridized carbons (Fsp3) is 0.0625. The molecule has 2 N–H and O–H groups in total. The summed E-state index contributed by atoms with van der Waals surface area (Å²) in [6.45, 7) is 0.0900. The second kappa shape index (κ2) is 5.01. The van der Waals surface area contributed by atoms with Crippen molar-refractivity contribution in [3.05, 3.63) is 76.1 Å². The van der Waals surface area contributed by atoms with Crippen LogP contribution < -0.4 is 11.3 Å². The maximum absolute atomic E-state index is 13.2. The first-order valence-electron chi connectivity index (χ1n) is 6.38. The number of nitrogens with zero attached hydrogens (tertiary/aromatic N) is 1. The van der Waals surface area contributed by atoms with E-state index >= 15 is 0 Å². The molecule has 0 saturated heterocycles. The molecule has 0 spiro atoms. The van der Waals surface area contributed by atoms with Crippen LogP contribution in [0.25, 0.3) is 10.8 Å². The monoisotopic (exact) mass is 286 g/mol. The number of anilines is 1. The van der Waals surface area contributed by atoms with Crippen LogP contribution in [-0.4, -0.2) is 4.57 Å². The Labute approximate surface area is 119 Å². The number of fused-ring (bicyclic) bond motifs is 1. The van der Waals surface area contributed by atoms with Crippen LogP contribution >= 0.6 is 0 Å². The minimum atomic E-state index is -0.945. The second-order valence-corrected chi connectivity index (χ2v) is 4.80. The molecule has 0 atom stereocenters. The van der Waals surface area contributed by atoms with Crippen LogP contribution in [0.2, 0.25) is 0 Å². The quantitative estimate of drug-likeness (QED) is 0.787. The van der Waals surface area contributed by atoms with Gasteiger partial charge in [-0.05, 0) is 35.2 Å². The summed E-state index contributed by atoms with van der Waals surface area (Å²) in [5.41, 5.74) is 6.11. The second-order valence-electron chi connectivity index (χ2n) is 4.80. The molecule has 0 fully saturated rings. The summed E-state index contributed by atoms with van der Waals surface area (Å²) in [4.78, 5) is 12.4. The number of rotatable bonds is 2. The highest BCUT2D eigenvalue weighted by atomic mass is 19.2. The maximum atomic E-state index is 13.2. The van der Waals surface area contributed by atoms with Gasteiger partial charge in [-0.1, -0.05) is 24.3 Å². The normalized spacial score (nSPS) is 11.0. The number of hydrogen-bond acceptors (Lipinski definition) is 2. The summed E-state index contributed by atoms with van der Waals surface area (Å²) in [5.74, 6) is -1.58. The number of nitrogens with two attached hydrogens (primary N) is 1. The van der Waals surface area contributed by atoms with Crippen molar-refractivity contribution in [2.45, 2.75) is 6.54 Å². The van der Waals surface area contributed by atoms with Gasteiger partial charge in [-0.3, -0.25) is 9.36 Å². The van der Waals surface area contributed by atoms with Gasteiger partial charge in [0.05, 0.1) is 6.54 Å². The smallest absolute Gasteiger partial charge is 0.260 e. The number of nitrogen functional groups attached to an aromatic ring is 1. The van der Waals surface area contributed by atoms with E-state index < -0.39 is 11.6 Å². The minimum Gasteiger partial charge on any atom is -0.385 e. The van der Waals surface area contributed by atoms with Crippen molar-refractivity contribution in [1.29, 1.82) is 0 Å². The Balaban J connectivity index is 2.12. The van der Waals surface area contributed by atoms with E-state index in [1.807, 2.05) is 6.07 Å². The highest BCUT2D eigenvalue weighted by Gasteiger charge is 2.09. The van der Waals surface area contributed by atoms with Gasteiger partial charge in [-0.25, -0.2) is 8.78 Å². The molecule has 3 nitrogen and oxygen atoms in total. The van der Waals surface area contributed by atoms with Crippen LogP contribution in [-0.2, 0) is 6.54 Å². The average molecular weight is 286 g/mol. The maximum Gasteiger partial charge on any atom is 0.260 e. The third-order valence-corrected chi connectivity index (χ3v) is 3.38. The molecule has 0 aliphatic carbocycles. The molecule has 0 aliphatic rings. The number of pyridine rings is 1. The molecule has 1 heterocycles. The number of halogens is 2. The van der Waals surface area contributed by atoms with E-state index in [1.54, 1.807) is 24.3 Å². The van der Waals surface area contributed by atoms with Crippen LogP contribution in [0.1, 0.15) is 5.56 Å². The van der Waals surface area contributed by atoms with Crippen LogP contribution in [0.3, 0.4) is 0 Å². The lowest BCUT2D eigenvalue weighted by Crippen LogP contribution is -2.23. The van der Waals surface area contributed by atoms with E-state index in [1.165, 1.54) is 10.6 Å². The van der Waals surface area contributed by atoms with E-state index in [2.05, 4.69) is 0 Å². The molecule has 0 amide bonds. The number of aromatic nitrogens is 1. The van der Waals surface area contributed by atoms with Gasteiger partial charge in [0.15, 0.2) is 11.6 Å². The topological polar surface area (TPSA) is 48.0 Å². The Hall–Kier alpha value is -2.69. The van der Waals surface area contributed by atoms with Gasteiger partial charge < -0.3 is 5.73 Å². The molecule has 2 aromatic carbocycles. The molecule has 0 aliphatic heterocycles. The summed E-state index contributed by atoms with van der Waals surface area (Å²) in [5, 5.41) is 1.29. The van der Waals surface area contributed by atoms with Gasteiger partial charge >= 0.3 is 0 Å². The van der Waals surface area contributed by atoms with Crippen molar-refractivity contribution in [2.75, 3.05) is 5.73 Å². The van der Waals surface area contributed by atoms with Crippen molar-refractivity contribution < 1.29 is 8.78 Å². The Morgan fingerprint density at radius 1 is 1.00 bits per heavy atom. The molecule has 0 bridgehead atoms. The zero-order chi connectivity index (χ0) is 15.0. The Morgan fingerprint density at radius 2 is 1.76 bits per heavy atom. The van der Waals surface area contributed by atoms with Crippen LogP contribution in [0, 0.1) is 11.6 Å². The van der Waals surface area contributed by atoms with Gasteiger partial charge in [0.25, 0.3) is 5.56 Å². The number of hydrogen-bond donors (Lipinski definition) is 1. The molecular weight excluding hydrogens is 274 g/mol. The predicted octanol–water partition coefficient (Wildman–Crippen LogP) is 2.91. The third kappa shape index (κ3) is 2.38. The van der Waals surface area contributed by atoms with Crippen LogP contribution in [0.5, 0.6) is 0 Å². The van der Waals surface area contributed by atoms with Crippen molar-refractivity contribution >= 4 is 16.6 Å². The molecule has 3 aromatic rings. The Bertz CT molecular complexity index is 887. The van der Waals surface area contributed by atoms with Crippen LogP contribution in [0.4, 0.5) is 14.6 Å². The van der Waals surface area contributed by atoms with E-state index in [4.69, 9.17) is 5.73 Å². The predicted molar refractivity (Wildman–Crippen MR) is 78.1 cm³/mol. The molecule has 106 valence electrons. The first-order chi connectivity index (χ1) is 10.1. The summed E-state index contributed by atoms with van der Waals surface area (Å²) in [6.07, 6.45) is 0.